The van der Waals surface area contributed by atoms with Crippen molar-refractivity contribution >= 4 is 5.78 Å². The van der Waals surface area contributed by atoms with Crippen LogP contribution in [0.2, 0.25) is 0 Å². The SMILES string of the molecule is C/C=C(/C(C)=O)[NH+](C)C. The highest BCUT2D eigenvalue weighted by molar-refractivity contribution is 5.90. The third-order valence-corrected chi connectivity index (χ3v) is 1.21. The van der Waals surface area contributed by atoms with Gasteiger partial charge in [-0.05, 0) is 13.0 Å². The van der Waals surface area contributed by atoms with E-state index in [1.807, 2.05) is 27.1 Å². The van der Waals surface area contributed by atoms with Gasteiger partial charge in [-0.3, -0.25) is 4.79 Å². The van der Waals surface area contributed by atoms with Crippen molar-refractivity contribution in [1.29, 1.82) is 0 Å². The Labute approximate surface area is 56.2 Å². The Bertz CT molecular complexity index is 136. The number of likely N-dealkylation sites (N-methyl/N-ethyl adjacent to an activating group) is 1. The molecule has 0 aromatic rings. The first-order valence-electron chi connectivity index (χ1n) is 3.07. The lowest BCUT2D eigenvalue weighted by atomic mass is 10.3. The molecule has 2 nitrogen and oxygen atoms in total. The van der Waals surface area contributed by atoms with E-state index >= 15 is 0 Å². The van der Waals surface area contributed by atoms with Crippen LogP contribution >= 0.6 is 0 Å². The molecule has 0 saturated carbocycles. The average Bonchev–Trinajstić information content (AvgIpc) is 1.64. The molecule has 9 heavy (non-hydrogen) atoms. The van der Waals surface area contributed by atoms with Crippen molar-refractivity contribution < 1.29 is 9.69 Å². The Morgan fingerprint density at radius 3 is 1.89 bits per heavy atom. The molecule has 0 aliphatic heterocycles. The normalized spacial score (nSPS) is 12.3. The summed E-state index contributed by atoms with van der Waals surface area (Å²) < 4.78 is 0. The fourth-order valence-corrected chi connectivity index (χ4v) is 0.844. The molecule has 0 aromatic carbocycles. The van der Waals surface area contributed by atoms with Gasteiger partial charge >= 0.3 is 0 Å². The standard InChI is InChI=1S/C7H13NO/c1-5-7(6(2)9)8(3)4/h5H,1-4H3/p+1/b7-5-. The number of carbonyl (C=O) groups excluding carboxylic acids is 1. The largest absolute Gasteiger partial charge is 0.305 e. The summed E-state index contributed by atoms with van der Waals surface area (Å²) in [4.78, 5) is 11.8. The number of Topliss-reactive ketones (excluding diaryl/α,β-unsaturated/α-hetero) is 1. The van der Waals surface area contributed by atoms with E-state index < -0.39 is 0 Å². The maximum Gasteiger partial charge on any atom is 0.212 e. The Morgan fingerprint density at radius 2 is 1.89 bits per heavy atom. The summed E-state index contributed by atoms with van der Waals surface area (Å²) in [6, 6.07) is 0. The molecule has 0 aliphatic carbocycles. The van der Waals surface area contributed by atoms with Gasteiger partial charge in [-0.1, -0.05) is 0 Å². The number of carbonyl (C=O) groups is 1. The molecule has 0 fully saturated rings. The molecule has 0 spiro atoms. The highest BCUT2D eigenvalue weighted by Crippen LogP contribution is 1.81. The predicted molar refractivity (Wildman–Crippen MR) is 37.2 cm³/mol. The number of rotatable bonds is 2. The van der Waals surface area contributed by atoms with Gasteiger partial charge in [-0.25, -0.2) is 0 Å². The molecule has 52 valence electrons. The minimum absolute atomic E-state index is 0.150. The van der Waals surface area contributed by atoms with E-state index in [9.17, 15) is 4.79 Å². The molecule has 0 bridgehead atoms. The first kappa shape index (κ1) is 8.37. The Balaban J connectivity index is 4.19. The second-order valence-corrected chi connectivity index (χ2v) is 2.26. The fourth-order valence-electron chi connectivity index (χ4n) is 0.844. The second-order valence-electron chi connectivity index (χ2n) is 2.26. The molecule has 2 heteroatoms. The highest BCUT2D eigenvalue weighted by Gasteiger charge is 2.07. The third kappa shape index (κ3) is 2.42. The first-order valence-corrected chi connectivity index (χ1v) is 3.07. The second kappa shape index (κ2) is 3.41. The molecule has 0 unspecified atom stereocenters. The van der Waals surface area contributed by atoms with Gasteiger partial charge in [0.2, 0.25) is 5.78 Å². The number of quaternary nitrogens is 1. The van der Waals surface area contributed by atoms with E-state index in [0.717, 1.165) is 10.6 Å². The van der Waals surface area contributed by atoms with Crippen molar-refractivity contribution in [3.8, 4) is 0 Å². The van der Waals surface area contributed by atoms with Gasteiger partial charge in [0.15, 0.2) is 5.70 Å². The van der Waals surface area contributed by atoms with Crippen LogP contribution in [0.15, 0.2) is 11.8 Å². The molecule has 1 N–H and O–H groups in total. The van der Waals surface area contributed by atoms with Crippen LogP contribution in [-0.4, -0.2) is 19.9 Å². The van der Waals surface area contributed by atoms with Crippen LogP contribution in [0.5, 0.6) is 0 Å². The van der Waals surface area contributed by atoms with Gasteiger partial charge in [0, 0.05) is 6.92 Å². The summed E-state index contributed by atoms with van der Waals surface area (Å²) in [7, 11) is 3.88. The van der Waals surface area contributed by atoms with Gasteiger partial charge < -0.3 is 4.90 Å². The van der Waals surface area contributed by atoms with Gasteiger partial charge in [0.1, 0.15) is 0 Å². The zero-order valence-corrected chi connectivity index (χ0v) is 6.49. The number of hydrogen-bond acceptors (Lipinski definition) is 1. The van der Waals surface area contributed by atoms with E-state index in [1.54, 1.807) is 6.92 Å². The molecular formula is C7H14NO+. The molecular weight excluding hydrogens is 114 g/mol. The van der Waals surface area contributed by atoms with Crippen molar-refractivity contribution in [3.63, 3.8) is 0 Å². The first-order chi connectivity index (χ1) is 4.09. The van der Waals surface area contributed by atoms with Crippen molar-refractivity contribution in [2.45, 2.75) is 13.8 Å². The summed E-state index contributed by atoms with van der Waals surface area (Å²) in [5.41, 5.74) is 0.843. The Kier molecular flexibility index (Phi) is 3.17. The fraction of sp³-hybridized carbons (Fsp3) is 0.571. The lowest BCUT2D eigenvalue weighted by Crippen LogP contribution is -3.04. The van der Waals surface area contributed by atoms with E-state index in [-0.39, 0.29) is 5.78 Å². The molecule has 0 heterocycles. The molecule has 0 radical (unpaired) electrons. The van der Waals surface area contributed by atoms with E-state index in [1.165, 1.54) is 0 Å². The van der Waals surface area contributed by atoms with E-state index in [4.69, 9.17) is 0 Å². The zero-order valence-electron chi connectivity index (χ0n) is 6.49. The zero-order chi connectivity index (χ0) is 7.44. The van der Waals surface area contributed by atoms with Crippen molar-refractivity contribution in [3.05, 3.63) is 11.8 Å². The summed E-state index contributed by atoms with van der Waals surface area (Å²) in [6.07, 6.45) is 1.84. The maximum atomic E-state index is 10.7. The Hall–Kier alpha value is -0.630. The number of hydrogen-bond donors (Lipinski definition) is 1. The van der Waals surface area contributed by atoms with Gasteiger partial charge in [0.25, 0.3) is 0 Å². The minimum Gasteiger partial charge on any atom is -0.305 e. The summed E-state index contributed by atoms with van der Waals surface area (Å²) in [6.45, 7) is 3.46. The smallest absolute Gasteiger partial charge is 0.212 e. The molecule has 0 amide bonds. The average molecular weight is 128 g/mol. The highest BCUT2D eigenvalue weighted by atomic mass is 16.1. The van der Waals surface area contributed by atoms with Crippen molar-refractivity contribution in [1.82, 2.24) is 0 Å². The molecule has 0 aliphatic rings. The quantitative estimate of drug-likeness (QED) is 0.503. The molecule has 0 rings (SSSR count). The van der Waals surface area contributed by atoms with E-state index in [0.29, 0.717) is 0 Å². The van der Waals surface area contributed by atoms with Crippen LogP contribution in [0.3, 0.4) is 0 Å². The van der Waals surface area contributed by atoms with Gasteiger partial charge in [-0.2, -0.15) is 0 Å². The molecule has 0 saturated heterocycles. The van der Waals surface area contributed by atoms with Crippen LogP contribution in [0.4, 0.5) is 0 Å². The lowest BCUT2D eigenvalue weighted by Gasteiger charge is -2.05. The summed E-state index contributed by atoms with van der Waals surface area (Å²) in [5, 5.41) is 0. The predicted octanol–water partition coefficient (Wildman–Crippen LogP) is -0.376. The third-order valence-electron chi connectivity index (χ3n) is 1.21. The topological polar surface area (TPSA) is 21.5 Å². The van der Waals surface area contributed by atoms with Crippen molar-refractivity contribution in [2.75, 3.05) is 14.1 Å². The van der Waals surface area contributed by atoms with Crippen LogP contribution < -0.4 is 4.90 Å². The van der Waals surface area contributed by atoms with Crippen LogP contribution in [0.1, 0.15) is 13.8 Å². The van der Waals surface area contributed by atoms with E-state index in [2.05, 4.69) is 0 Å². The summed E-state index contributed by atoms with van der Waals surface area (Å²) >= 11 is 0. The minimum atomic E-state index is 0.150. The number of allylic oxidation sites excluding steroid dienone is 2. The number of ketones is 1. The monoisotopic (exact) mass is 128 g/mol. The number of nitrogens with one attached hydrogen (secondary N) is 1. The maximum absolute atomic E-state index is 10.7. The van der Waals surface area contributed by atoms with Crippen molar-refractivity contribution in [2.24, 2.45) is 0 Å². The van der Waals surface area contributed by atoms with Crippen LogP contribution in [-0.2, 0) is 4.79 Å². The van der Waals surface area contributed by atoms with Gasteiger partial charge in [0.05, 0.1) is 14.1 Å². The van der Waals surface area contributed by atoms with Crippen LogP contribution in [0.25, 0.3) is 0 Å². The Morgan fingerprint density at radius 1 is 1.44 bits per heavy atom. The molecule has 0 atom stereocenters. The molecule has 0 aromatic heterocycles. The van der Waals surface area contributed by atoms with Gasteiger partial charge in [-0.15, -0.1) is 0 Å². The van der Waals surface area contributed by atoms with Crippen LogP contribution in [0, 0.1) is 0 Å². The summed E-state index contributed by atoms with van der Waals surface area (Å²) in [5.74, 6) is 0.150. The lowest BCUT2D eigenvalue weighted by molar-refractivity contribution is -0.811.